The van der Waals surface area contributed by atoms with Crippen LogP contribution in [0.2, 0.25) is 0 Å². The molecule has 1 heterocycles. The lowest BCUT2D eigenvalue weighted by atomic mass is 10.5. The summed E-state index contributed by atoms with van der Waals surface area (Å²) in [5.41, 5.74) is 0. The van der Waals surface area contributed by atoms with Crippen LogP contribution >= 0.6 is 27.7 Å². The number of rotatable bonds is 3. The Kier molecular flexibility index (Phi) is 3.21. The van der Waals surface area contributed by atoms with E-state index in [4.69, 9.17) is 4.52 Å². The van der Waals surface area contributed by atoms with Gasteiger partial charge in [-0.25, -0.2) is 0 Å². The number of aryl methyl sites for hydroxylation is 1. The first-order chi connectivity index (χ1) is 4.83. The van der Waals surface area contributed by atoms with Gasteiger partial charge >= 0.3 is 0 Å². The predicted octanol–water partition coefficient (Wildman–Crippen LogP) is 1.74. The smallest absolute Gasteiger partial charge is 0.238 e. The van der Waals surface area contributed by atoms with Crippen molar-refractivity contribution in [3.63, 3.8) is 0 Å². The van der Waals surface area contributed by atoms with Crippen molar-refractivity contribution in [2.24, 2.45) is 0 Å². The van der Waals surface area contributed by atoms with Crippen LogP contribution < -0.4 is 0 Å². The minimum atomic E-state index is 0.531. The van der Waals surface area contributed by atoms with Crippen LogP contribution in [0.25, 0.3) is 0 Å². The molecule has 0 aromatic carbocycles. The molecule has 5 heteroatoms. The van der Waals surface area contributed by atoms with Gasteiger partial charge in [0, 0.05) is 12.2 Å². The van der Waals surface area contributed by atoms with Crippen molar-refractivity contribution in [2.45, 2.75) is 6.42 Å². The van der Waals surface area contributed by atoms with E-state index in [0.29, 0.717) is 10.6 Å². The van der Waals surface area contributed by atoms with E-state index in [2.05, 4.69) is 26.1 Å². The number of halogens is 1. The highest BCUT2D eigenvalue weighted by atomic mass is 79.9. The molecular weight excluding hydrogens is 216 g/mol. The second-order valence-corrected chi connectivity index (χ2v) is 3.39. The molecule has 56 valence electrons. The molecule has 0 N–H and O–H groups in total. The molecule has 0 amide bonds. The Bertz CT molecular complexity index is 203. The van der Waals surface area contributed by atoms with Gasteiger partial charge in [-0.2, -0.15) is 16.7 Å². The highest BCUT2D eigenvalue weighted by Gasteiger charge is 2.00. The third kappa shape index (κ3) is 2.30. The molecule has 0 bridgehead atoms. The van der Waals surface area contributed by atoms with Gasteiger partial charge in [-0.1, -0.05) is 0 Å². The monoisotopic (exact) mass is 222 g/mol. The molecule has 0 spiro atoms. The molecule has 1 aromatic heterocycles. The van der Waals surface area contributed by atoms with Gasteiger partial charge in [-0.3, -0.25) is 0 Å². The average Bonchev–Trinajstić information content (AvgIpc) is 2.31. The van der Waals surface area contributed by atoms with Crippen LogP contribution in [0.3, 0.4) is 0 Å². The van der Waals surface area contributed by atoms with E-state index in [1.165, 1.54) is 0 Å². The summed E-state index contributed by atoms with van der Waals surface area (Å²) in [7, 11) is 0. The molecule has 0 saturated carbocycles. The van der Waals surface area contributed by atoms with E-state index in [1.807, 2.05) is 6.26 Å². The summed E-state index contributed by atoms with van der Waals surface area (Å²) in [6.45, 7) is 0. The van der Waals surface area contributed by atoms with Gasteiger partial charge in [0.25, 0.3) is 0 Å². The molecule has 10 heavy (non-hydrogen) atoms. The Balaban J connectivity index is 2.42. The maximum atomic E-state index is 4.85. The zero-order chi connectivity index (χ0) is 7.40. The van der Waals surface area contributed by atoms with E-state index in [0.717, 1.165) is 12.2 Å². The minimum absolute atomic E-state index is 0.531. The molecule has 0 aliphatic carbocycles. The first kappa shape index (κ1) is 8.07. The first-order valence-corrected chi connectivity index (χ1v) is 4.98. The van der Waals surface area contributed by atoms with Crippen LogP contribution in [0.1, 0.15) is 5.89 Å². The summed E-state index contributed by atoms with van der Waals surface area (Å²) in [6.07, 6.45) is 2.89. The Labute approximate surface area is 71.7 Å². The summed E-state index contributed by atoms with van der Waals surface area (Å²) in [5.74, 6) is 1.72. The summed E-state index contributed by atoms with van der Waals surface area (Å²) in [6, 6.07) is 0. The average molecular weight is 223 g/mol. The molecule has 1 rings (SSSR count). The van der Waals surface area contributed by atoms with Gasteiger partial charge in [-0.05, 0) is 27.3 Å². The van der Waals surface area contributed by atoms with E-state index in [-0.39, 0.29) is 0 Å². The van der Waals surface area contributed by atoms with Gasteiger partial charge in [0.05, 0.1) is 0 Å². The topological polar surface area (TPSA) is 38.9 Å². The van der Waals surface area contributed by atoms with Crippen LogP contribution in [0.4, 0.5) is 0 Å². The Morgan fingerprint density at radius 1 is 1.70 bits per heavy atom. The predicted molar refractivity (Wildman–Crippen MR) is 44.1 cm³/mol. The van der Waals surface area contributed by atoms with Gasteiger partial charge in [0.2, 0.25) is 10.6 Å². The fourth-order valence-electron chi connectivity index (χ4n) is 0.525. The van der Waals surface area contributed by atoms with Crippen molar-refractivity contribution in [3.8, 4) is 0 Å². The van der Waals surface area contributed by atoms with E-state index in [1.54, 1.807) is 11.8 Å². The number of hydrogen-bond acceptors (Lipinski definition) is 4. The Hall–Kier alpha value is -0.0300. The van der Waals surface area contributed by atoms with Crippen LogP contribution in [-0.4, -0.2) is 22.1 Å². The molecule has 0 fully saturated rings. The Morgan fingerprint density at radius 3 is 3.00 bits per heavy atom. The molecule has 0 radical (unpaired) electrons. The molecule has 0 aliphatic rings. The summed E-state index contributed by atoms with van der Waals surface area (Å²) >= 11 is 4.86. The summed E-state index contributed by atoms with van der Waals surface area (Å²) in [5, 5.41) is 3.59. The van der Waals surface area contributed by atoms with Crippen LogP contribution in [-0.2, 0) is 6.42 Å². The zero-order valence-electron chi connectivity index (χ0n) is 5.50. The zero-order valence-corrected chi connectivity index (χ0v) is 7.91. The summed E-state index contributed by atoms with van der Waals surface area (Å²) < 4.78 is 5.38. The van der Waals surface area contributed by atoms with Gasteiger partial charge < -0.3 is 4.52 Å². The van der Waals surface area contributed by atoms with E-state index >= 15 is 0 Å². The molecule has 1 aromatic rings. The molecule has 0 unspecified atom stereocenters. The Morgan fingerprint density at radius 2 is 2.50 bits per heavy atom. The van der Waals surface area contributed by atoms with E-state index in [9.17, 15) is 0 Å². The van der Waals surface area contributed by atoms with Crippen LogP contribution in [0.15, 0.2) is 9.26 Å². The van der Waals surface area contributed by atoms with Crippen molar-refractivity contribution >= 4 is 27.7 Å². The highest BCUT2D eigenvalue weighted by molar-refractivity contribution is 9.10. The van der Waals surface area contributed by atoms with Crippen LogP contribution in [0, 0.1) is 0 Å². The normalized spacial score (nSPS) is 10.2. The summed E-state index contributed by atoms with van der Waals surface area (Å²) in [4.78, 5) is 3.97. The van der Waals surface area contributed by atoms with Gasteiger partial charge in [0.15, 0.2) is 0 Å². The SMILES string of the molecule is CSCCc1nc(Br)no1. The van der Waals surface area contributed by atoms with Gasteiger partial charge in [-0.15, -0.1) is 0 Å². The largest absolute Gasteiger partial charge is 0.338 e. The maximum Gasteiger partial charge on any atom is 0.238 e. The van der Waals surface area contributed by atoms with Crippen molar-refractivity contribution in [2.75, 3.05) is 12.0 Å². The van der Waals surface area contributed by atoms with Crippen molar-refractivity contribution in [1.29, 1.82) is 0 Å². The first-order valence-electron chi connectivity index (χ1n) is 2.80. The third-order valence-electron chi connectivity index (χ3n) is 0.963. The van der Waals surface area contributed by atoms with Crippen molar-refractivity contribution in [1.82, 2.24) is 10.1 Å². The number of thioether (sulfide) groups is 1. The quantitative estimate of drug-likeness (QED) is 0.782. The third-order valence-corrected chi connectivity index (χ3v) is 1.90. The standard InChI is InChI=1S/C5H7BrN2OS/c1-10-3-2-4-7-5(6)8-9-4/h2-3H2,1H3. The molecule has 3 nitrogen and oxygen atoms in total. The molecular formula is C5H7BrN2OS. The number of nitrogens with zero attached hydrogens (tertiary/aromatic N) is 2. The second kappa shape index (κ2) is 3.98. The van der Waals surface area contributed by atoms with Crippen LogP contribution in [0.5, 0.6) is 0 Å². The maximum absolute atomic E-state index is 4.85. The lowest BCUT2D eigenvalue weighted by Gasteiger charge is -1.87. The van der Waals surface area contributed by atoms with Crippen molar-refractivity contribution in [3.05, 3.63) is 10.6 Å². The van der Waals surface area contributed by atoms with Gasteiger partial charge in [0.1, 0.15) is 0 Å². The lowest BCUT2D eigenvalue weighted by molar-refractivity contribution is 0.379. The highest BCUT2D eigenvalue weighted by Crippen LogP contribution is 2.06. The second-order valence-electron chi connectivity index (χ2n) is 1.70. The molecule has 0 atom stereocenters. The minimum Gasteiger partial charge on any atom is -0.338 e. The molecule has 0 saturated heterocycles. The molecule has 0 aliphatic heterocycles. The number of hydrogen-bond donors (Lipinski definition) is 0. The fourth-order valence-corrected chi connectivity index (χ4v) is 1.17. The van der Waals surface area contributed by atoms with E-state index < -0.39 is 0 Å². The fraction of sp³-hybridized carbons (Fsp3) is 0.600. The lowest BCUT2D eigenvalue weighted by Crippen LogP contribution is -1.86. The van der Waals surface area contributed by atoms with Crippen molar-refractivity contribution < 1.29 is 4.52 Å². The number of aromatic nitrogens is 2.